The van der Waals surface area contributed by atoms with E-state index in [1.165, 1.54) is 0 Å². The third-order valence-electron chi connectivity index (χ3n) is 5.30. The molecule has 35 heavy (non-hydrogen) atoms. The van der Waals surface area contributed by atoms with Gasteiger partial charge in [-0.3, -0.25) is 4.79 Å². The summed E-state index contributed by atoms with van der Waals surface area (Å²) in [5.74, 6) is 0.688. The fraction of sp³-hybridized carbons (Fsp3) is 0.360. The van der Waals surface area contributed by atoms with Crippen molar-refractivity contribution in [3.8, 4) is 28.4 Å². The highest BCUT2D eigenvalue weighted by Gasteiger charge is 2.19. The van der Waals surface area contributed by atoms with Gasteiger partial charge in [0.2, 0.25) is 12.2 Å². The van der Waals surface area contributed by atoms with Crippen LogP contribution in [0.15, 0.2) is 39.5 Å². The van der Waals surface area contributed by atoms with E-state index in [1.807, 2.05) is 12.2 Å². The van der Waals surface area contributed by atoms with E-state index < -0.39 is 12.6 Å². The highest BCUT2D eigenvalue weighted by Crippen LogP contribution is 2.37. The molecule has 0 amide bonds. The average Bonchev–Trinajstić information content (AvgIpc) is 3.31. The van der Waals surface area contributed by atoms with Crippen molar-refractivity contribution in [2.45, 2.75) is 20.3 Å². The quantitative estimate of drug-likeness (QED) is 0.346. The molecule has 10 nitrogen and oxygen atoms in total. The summed E-state index contributed by atoms with van der Waals surface area (Å²) in [4.78, 5) is 23.9. The number of hydrogen-bond donors (Lipinski definition) is 3. The van der Waals surface area contributed by atoms with Gasteiger partial charge in [-0.05, 0) is 42.7 Å². The molecule has 0 saturated heterocycles. The maximum absolute atomic E-state index is 13.2. The monoisotopic (exact) mass is 487 g/mol. The molecule has 3 aromatic rings. The molecule has 1 aliphatic rings. The summed E-state index contributed by atoms with van der Waals surface area (Å²) in [6.07, 6.45) is 0.561. The van der Waals surface area contributed by atoms with Gasteiger partial charge in [-0.1, -0.05) is 13.0 Å². The van der Waals surface area contributed by atoms with E-state index in [4.69, 9.17) is 28.8 Å². The minimum Gasteiger partial charge on any atom is -0.546 e. The number of aryl methyl sites for hydroxylation is 2. The maximum atomic E-state index is 13.2. The fourth-order valence-electron chi connectivity index (χ4n) is 3.64. The number of rotatable bonds is 9. The molecule has 1 aromatic heterocycles. The van der Waals surface area contributed by atoms with E-state index in [1.54, 1.807) is 37.3 Å². The van der Waals surface area contributed by atoms with Gasteiger partial charge in [0, 0.05) is 6.07 Å². The Balaban J connectivity index is 0.000000429. The van der Waals surface area contributed by atoms with Crippen LogP contribution < -0.4 is 30.1 Å². The Morgan fingerprint density at radius 3 is 2.49 bits per heavy atom. The zero-order valence-electron chi connectivity index (χ0n) is 19.7. The highest BCUT2D eigenvalue weighted by atomic mass is 16.7. The predicted octanol–water partition coefficient (Wildman–Crippen LogP) is -0.277. The van der Waals surface area contributed by atoms with Crippen molar-refractivity contribution in [2.24, 2.45) is 0 Å². The zero-order chi connectivity index (χ0) is 25.4. The lowest BCUT2D eigenvalue weighted by molar-refractivity contribution is -0.657. The van der Waals surface area contributed by atoms with Crippen LogP contribution in [0.1, 0.15) is 18.2 Å². The zero-order valence-corrected chi connectivity index (χ0v) is 19.7. The summed E-state index contributed by atoms with van der Waals surface area (Å²) >= 11 is 0. The van der Waals surface area contributed by atoms with E-state index in [2.05, 4.69) is 0 Å². The van der Waals surface area contributed by atoms with Gasteiger partial charge in [0.1, 0.15) is 23.7 Å². The number of quaternary nitrogens is 1. The molecule has 1 aliphatic heterocycles. The van der Waals surface area contributed by atoms with Crippen molar-refractivity contribution in [1.82, 2.24) is 0 Å². The van der Waals surface area contributed by atoms with Crippen molar-refractivity contribution in [3.05, 3.63) is 51.9 Å². The largest absolute Gasteiger partial charge is 0.546 e. The molecule has 0 fully saturated rings. The number of carboxylic acid groups (broad SMARTS) is 1. The average molecular weight is 488 g/mol. The first-order valence-corrected chi connectivity index (χ1v) is 11.3. The minimum atomic E-state index is -1.32. The predicted molar refractivity (Wildman–Crippen MR) is 124 cm³/mol. The molecule has 4 rings (SSSR count). The molecule has 188 valence electrons. The molecule has 0 bridgehead atoms. The Morgan fingerprint density at radius 1 is 1.11 bits per heavy atom. The van der Waals surface area contributed by atoms with Gasteiger partial charge in [-0.2, -0.15) is 0 Å². The Hall–Kier alpha value is -3.60. The number of carbonyl (C=O) groups excluding carboxylic acids is 1. The molecule has 0 spiro atoms. The number of aliphatic hydroxyl groups is 2. The second-order valence-corrected chi connectivity index (χ2v) is 7.71. The normalized spacial score (nSPS) is 11.8. The van der Waals surface area contributed by atoms with Crippen LogP contribution in [0.25, 0.3) is 22.1 Å². The molecule has 2 aromatic carbocycles. The lowest BCUT2D eigenvalue weighted by Gasteiger charge is -2.13. The maximum Gasteiger partial charge on any atom is 0.231 e. The number of ether oxygens (including phenoxy) is 3. The summed E-state index contributed by atoms with van der Waals surface area (Å²) in [7, 11) is 0. The highest BCUT2D eigenvalue weighted by molar-refractivity contribution is 5.85. The molecule has 2 heterocycles. The third kappa shape index (κ3) is 6.30. The number of nitrogens with two attached hydrogens (primary N) is 1. The summed E-state index contributed by atoms with van der Waals surface area (Å²) in [6, 6.07) is 8.54. The third-order valence-corrected chi connectivity index (χ3v) is 5.30. The van der Waals surface area contributed by atoms with Crippen LogP contribution in [-0.4, -0.2) is 55.9 Å². The van der Waals surface area contributed by atoms with Gasteiger partial charge in [0.05, 0.1) is 43.2 Å². The van der Waals surface area contributed by atoms with Crippen LogP contribution >= 0.6 is 0 Å². The van der Waals surface area contributed by atoms with Crippen molar-refractivity contribution >= 4 is 16.9 Å². The summed E-state index contributed by atoms with van der Waals surface area (Å²) in [6.45, 7) is 4.95. The first-order chi connectivity index (χ1) is 16.9. The van der Waals surface area contributed by atoms with Crippen LogP contribution in [0, 0.1) is 6.92 Å². The second-order valence-electron chi connectivity index (χ2n) is 7.71. The van der Waals surface area contributed by atoms with Crippen LogP contribution in [-0.2, 0) is 11.2 Å². The van der Waals surface area contributed by atoms with Crippen molar-refractivity contribution in [2.75, 3.05) is 39.7 Å². The van der Waals surface area contributed by atoms with Gasteiger partial charge in [-0.25, -0.2) is 0 Å². The molecule has 0 aliphatic carbocycles. The standard InChI is InChI=1S/C21H18O7.C4H11NO2/c1-3-12-6-14-17(8-16(12)25-9-19(22)23)28-11(2)20(21(14)24)13-4-5-15-18(7-13)27-10-26-15;6-3-1-5-2-4-7/h4-8H,3,9-10H2,1-2H3,(H,22,23);5-7H,1-4H2. The number of fused-ring (bicyclic) bond motifs is 2. The minimum absolute atomic E-state index is 0.151. The van der Waals surface area contributed by atoms with Crippen molar-refractivity contribution < 1.29 is 44.1 Å². The molecule has 0 saturated carbocycles. The number of carboxylic acids is 1. The van der Waals surface area contributed by atoms with E-state index in [0.29, 0.717) is 70.2 Å². The van der Waals surface area contributed by atoms with Crippen LogP contribution in [0.2, 0.25) is 0 Å². The molecular weight excluding hydrogens is 458 g/mol. The van der Waals surface area contributed by atoms with Crippen LogP contribution in [0.3, 0.4) is 0 Å². The van der Waals surface area contributed by atoms with E-state index in [0.717, 1.165) is 0 Å². The van der Waals surface area contributed by atoms with E-state index >= 15 is 0 Å². The van der Waals surface area contributed by atoms with Gasteiger partial charge >= 0.3 is 0 Å². The fourth-order valence-corrected chi connectivity index (χ4v) is 3.64. The number of carbonyl (C=O) groups is 1. The second kappa shape index (κ2) is 12.2. The van der Waals surface area contributed by atoms with Gasteiger partial charge < -0.3 is 44.1 Å². The van der Waals surface area contributed by atoms with Crippen molar-refractivity contribution in [1.29, 1.82) is 0 Å². The summed E-state index contributed by atoms with van der Waals surface area (Å²) in [5, 5.41) is 29.3. The first kappa shape index (κ1) is 26.0. The number of hydrogen-bond acceptors (Lipinski definition) is 9. The van der Waals surface area contributed by atoms with E-state index in [-0.39, 0.29) is 25.4 Å². The Morgan fingerprint density at radius 2 is 1.83 bits per heavy atom. The van der Waals surface area contributed by atoms with Gasteiger partial charge in [0.15, 0.2) is 11.5 Å². The number of aliphatic hydroxyl groups excluding tert-OH is 2. The lowest BCUT2D eigenvalue weighted by atomic mass is 10.0. The molecular formula is C25H29NO9. The number of aliphatic carboxylic acids is 1. The molecule has 10 heteroatoms. The van der Waals surface area contributed by atoms with E-state index in [9.17, 15) is 14.7 Å². The van der Waals surface area contributed by atoms with Crippen molar-refractivity contribution in [3.63, 3.8) is 0 Å². The van der Waals surface area contributed by atoms with Crippen LogP contribution in [0.4, 0.5) is 0 Å². The molecule has 0 radical (unpaired) electrons. The lowest BCUT2D eigenvalue weighted by Crippen LogP contribution is -2.85. The number of benzene rings is 2. The molecule has 0 atom stereocenters. The topological polar surface area (TPSA) is 155 Å². The molecule has 0 unspecified atom stereocenters. The summed E-state index contributed by atoms with van der Waals surface area (Å²) in [5.41, 5.74) is 1.97. The first-order valence-electron chi connectivity index (χ1n) is 11.3. The SMILES string of the molecule is CCc1cc2c(=O)c(-c3ccc4c(c3)OCO4)c(C)oc2cc1OCC(=O)[O-].OCC[NH2+]CCO. The molecule has 4 N–H and O–H groups in total. The Bertz CT molecular complexity index is 1230. The Labute approximate surface area is 201 Å². The van der Waals surface area contributed by atoms with Gasteiger partial charge in [0.25, 0.3) is 0 Å². The smallest absolute Gasteiger partial charge is 0.231 e. The van der Waals surface area contributed by atoms with Crippen LogP contribution in [0.5, 0.6) is 17.2 Å². The summed E-state index contributed by atoms with van der Waals surface area (Å²) < 4.78 is 21.9. The van der Waals surface area contributed by atoms with Gasteiger partial charge in [-0.15, -0.1) is 0 Å². The Kier molecular flexibility index (Phi) is 9.07.